The molecule has 1 aromatic rings. The van der Waals surface area contributed by atoms with E-state index in [9.17, 15) is 4.79 Å². The van der Waals surface area contributed by atoms with E-state index in [1.807, 2.05) is 11.9 Å². The summed E-state index contributed by atoms with van der Waals surface area (Å²) in [7, 11) is 4.94. The highest BCUT2D eigenvalue weighted by Crippen LogP contribution is 2.25. The number of rotatable bonds is 5. The first-order valence-electron chi connectivity index (χ1n) is 4.86. The van der Waals surface area contributed by atoms with E-state index in [2.05, 4.69) is 9.72 Å². The van der Waals surface area contributed by atoms with E-state index in [0.29, 0.717) is 17.2 Å². The third-order valence-electron chi connectivity index (χ3n) is 2.11. The third-order valence-corrected chi connectivity index (χ3v) is 3.37. The molecule has 5 nitrogen and oxygen atoms in total. The van der Waals surface area contributed by atoms with Crippen LogP contribution in [0.5, 0.6) is 0 Å². The number of thiazole rings is 1. The molecule has 1 aromatic heterocycles. The summed E-state index contributed by atoms with van der Waals surface area (Å²) in [4.78, 5) is 18.2. The third kappa shape index (κ3) is 2.93. The van der Waals surface area contributed by atoms with Gasteiger partial charge in [0.05, 0.1) is 19.4 Å². The molecule has 0 saturated heterocycles. The van der Waals surface area contributed by atoms with Gasteiger partial charge in [0.25, 0.3) is 0 Å². The number of methoxy groups -OCH3 is 2. The summed E-state index contributed by atoms with van der Waals surface area (Å²) < 4.78 is 9.66. The maximum Gasteiger partial charge on any atom is 0.350 e. The molecule has 0 aromatic carbocycles. The van der Waals surface area contributed by atoms with Crippen LogP contribution in [0.25, 0.3) is 0 Å². The number of ether oxygens (including phenoxy) is 2. The van der Waals surface area contributed by atoms with Gasteiger partial charge in [-0.05, 0) is 6.92 Å². The van der Waals surface area contributed by atoms with Crippen molar-refractivity contribution in [2.75, 3.05) is 39.3 Å². The van der Waals surface area contributed by atoms with Crippen LogP contribution in [0.2, 0.25) is 0 Å². The molecule has 0 unspecified atom stereocenters. The SMILES string of the molecule is COCCN(C)c1nc(C)c(C(=O)OC)s1. The Balaban J connectivity index is 2.79. The fourth-order valence-corrected chi connectivity index (χ4v) is 2.12. The van der Waals surface area contributed by atoms with Crippen molar-refractivity contribution >= 4 is 22.4 Å². The smallest absolute Gasteiger partial charge is 0.350 e. The van der Waals surface area contributed by atoms with Gasteiger partial charge >= 0.3 is 5.97 Å². The first-order valence-corrected chi connectivity index (χ1v) is 5.67. The molecule has 1 rings (SSSR count). The molecule has 0 amide bonds. The minimum atomic E-state index is -0.332. The topological polar surface area (TPSA) is 51.7 Å². The van der Waals surface area contributed by atoms with Crippen LogP contribution in [0.1, 0.15) is 15.4 Å². The number of esters is 1. The lowest BCUT2D eigenvalue weighted by Gasteiger charge is -2.14. The quantitative estimate of drug-likeness (QED) is 0.731. The number of carbonyl (C=O) groups is 1. The van der Waals surface area contributed by atoms with E-state index in [1.165, 1.54) is 18.4 Å². The van der Waals surface area contributed by atoms with Gasteiger partial charge in [-0.25, -0.2) is 9.78 Å². The largest absolute Gasteiger partial charge is 0.465 e. The van der Waals surface area contributed by atoms with E-state index >= 15 is 0 Å². The molecule has 0 N–H and O–H groups in total. The predicted molar refractivity (Wildman–Crippen MR) is 63.3 cm³/mol. The second kappa shape index (κ2) is 5.81. The molecule has 0 aliphatic rings. The molecule has 0 spiro atoms. The van der Waals surface area contributed by atoms with Crippen molar-refractivity contribution in [2.24, 2.45) is 0 Å². The van der Waals surface area contributed by atoms with Crippen molar-refractivity contribution in [3.8, 4) is 0 Å². The van der Waals surface area contributed by atoms with Crippen LogP contribution in [-0.4, -0.2) is 45.4 Å². The van der Waals surface area contributed by atoms with Crippen LogP contribution in [0.3, 0.4) is 0 Å². The molecule has 0 bridgehead atoms. The molecule has 0 saturated carbocycles. The highest BCUT2D eigenvalue weighted by atomic mass is 32.1. The lowest BCUT2D eigenvalue weighted by molar-refractivity contribution is 0.0605. The maximum atomic E-state index is 11.4. The van der Waals surface area contributed by atoms with Gasteiger partial charge in [0.2, 0.25) is 0 Å². The van der Waals surface area contributed by atoms with Crippen LogP contribution < -0.4 is 4.90 Å². The van der Waals surface area contributed by atoms with Gasteiger partial charge in [-0.3, -0.25) is 0 Å². The molecule has 1 heterocycles. The van der Waals surface area contributed by atoms with Crippen LogP contribution in [0, 0.1) is 6.92 Å². The molecule has 0 atom stereocenters. The minimum absolute atomic E-state index is 0.332. The van der Waals surface area contributed by atoms with Gasteiger partial charge in [0.15, 0.2) is 5.13 Å². The van der Waals surface area contributed by atoms with Crippen molar-refractivity contribution < 1.29 is 14.3 Å². The number of hydrogen-bond donors (Lipinski definition) is 0. The number of likely N-dealkylation sites (N-methyl/N-ethyl adjacent to an activating group) is 1. The van der Waals surface area contributed by atoms with Crippen LogP contribution in [0.4, 0.5) is 5.13 Å². The number of aryl methyl sites for hydroxylation is 1. The summed E-state index contributed by atoms with van der Waals surface area (Å²) in [6.07, 6.45) is 0. The molecule has 6 heteroatoms. The first kappa shape index (κ1) is 12.9. The van der Waals surface area contributed by atoms with Gasteiger partial charge in [0.1, 0.15) is 4.88 Å². The standard InChI is InChI=1S/C10H16N2O3S/c1-7-8(9(13)15-4)16-10(11-7)12(2)5-6-14-3/h5-6H2,1-4H3. The zero-order valence-electron chi connectivity index (χ0n) is 9.94. The van der Waals surface area contributed by atoms with Gasteiger partial charge in [-0.1, -0.05) is 11.3 Å². The van der Waals surface area contributed by atoms with E-state index in [4.69, 9.17) is 4.74 Å². The summed E-state index contributed by atoms with van der Waals surface area (Å²) in [5, 5.41) is 0.801. The number of anilines is 1. The molecule has 0 aliphatic heterocycles. The van der Waals surface area contributed by atoms with Crippen molar-refractivity contribution in [1.29, 1.82) is 0 Å². The number of hydrogen-bond acceptors (Lipinski definition) is 6. The zero-order valence-corrected chi connectivity index (χ0v) is 10.8. The van der Waals surface area contributed by atoms with E-state index in [0.717, 1.165) is 11.7 Å². The number of carbonyl (C=O) groups excluding carboxylic acids is 1. The summed E-state index contributed by atoms with van der Waals surface area (Å²) in [5.41, 5.74) is 0.705. The van der Waals surface area contributed by atoms with Crippen molar-refractivity contribution in [2.45, 2.75) is 6.92 Å². The Hall–Kier alpha value is -1.14. The Labute approximate surface area is 99.0 Å². The first-order chi connectivity index (χ1) is 7.60. The lowest BCUT2D eigenvalue weighted by Crippen LogP contribution is -2.21. The zero-order chi connectivity index (χ0) is 12.1. The molecular formula is C10H16N2O3S. The fourth-order valence-electron chi connectivity index (χ4n) is 1.15. The summed E-state index contributed by atoms with van der Waals surface area (Å²) in [5.74, 6) is -0.332. The summed E-state index contributed by atoms with van der Waals surface area (Å²) >= 11 is 1.34. The van der Waals surface area contributed by atoms with E-state index in [1.54, 1.807) is 14.0 Å². The second-order valence-corrected chi connectivity index (χ2v) is 4.29. The van der Waals surface area contributed by atoms with Crippen molar-refractivity contribution in [1.82, 2.24) is 4.98 Å². The van der Waals surface area contributed by atoms with Crippen LogP contribution in [0.15, 0.2) is 0 Å². The Bertz CT molecular complexity index is 365. The fraction of sp³-hybridized carbons (Fsp3) is 0.600. The summed E-state index contributed by atoms with van der Waals surface area (Å²) in [6.45, 7) is 3.17. The lowest BCUT2D eigenvalue weighted by atomic mass is 10.4. The van der Waals surface area contributed by atoms with Gasteiger partial charge in [-0.2, -0.15) is 0 Å². The van der Waals surface area contributed by atoms with E-state index in [-0.39, 0.29) is 5.97 Å². The minimum Gasteiger partial charge on any atom is -0.465 e. The Morgan fingerprint density at radius 1 is 1.50 bits per heavy atom. The highest BCUT2D eigenvalue weighted by molar-refractivity contribution is 7.17. The molecule has 16 heavy (non-hydrogen) atoms. The molecular weight excluding hydrogens is 228 g/mol. The van der Waals surface area contributed by atoms with Crippen LogP contribution in [-0.2, 0) is 9.47 Å². The number of aromatic nitrogens is 1. The second-order valence-electron chi connectivity index (χ2n) is 3.32. The Morgan fingerprint density at radius 3 is 2.75 bits per heavy atom. The monoisotopic (exact) mass is 244 g/mol. The van der Waals surface area contributed by atoms with E-state index < -0.39 is 0 Å². The highest BCUT2D eigenvalue weighted by Gasteiger charge is 2.17. The van der Waals surface area contributed by atoms with Gasteiger partial charge < -0.3 is 14.4 Å². The average molecular weight is 244 g/mol. The number of nitrogens with zero attached hydrogens (tertiary/aromatic N) is 2. The average Bonchev–Trinajstić information content (AvgIpc) is 2.67. The molecule has 0 aliphatic carbocycles. The molecule has 0 radical (unpaired) electrons. The van der Waals surface area contributed by atoms with Crippen LogP contribution >= 0.6 is 11.3 Å². The Morgan fingerprint density at radius 2 is 2.19 bits per heavy atom. The predicted octanol–water partition coefficient (Wildman–Crippen LogP) is 1.32. The van der Waals surface area contributed by atoms with Crippen molar-refractivity contribution in [3.63, 3.8) is 0 Å². The Kier molecular flexibility index (Phi) is 4.70. The maximum absolute atomic E-state index is 11.4. The molecule has 0 fully saturated rings. The summed E-state index contributed by atoms with van der Waals surface area (Å²) in [6, 6.07) is 0. The normalized spacial score (nSPS) is 10.2. The van der Waals surface area contributed by atoms with Gasteiger partial charge in [0, 0.05) is 20.7 Å². The molecule has 90 valence electrons. The van der Waals surface area contributed by atoms with Gasteiger partial charge in [-0.15, -0.1) is 0 Å². The van der Waals surface area contributed by atoms with Crippen molar-refractivity contribution in [3.05, 3.63) is 10.6 Å².